The Labute approximate surface area is 213 Å². The lowest BCUT2D eigenvalue weighted by Crippen LogP contribution is -2.52. The molecule has 0 saturated carbocycles. The zero-order chi connectivity index (χ0) is 25.9. The maximum atomic E-state index is 14.6. The lowest BCUT2D eigenvalue weighted by atomic mass is 10.0. The summed E-state index contributed by atoms with van der Waals surface area (Å²) in [5.74, 6) is -0.232. The van der Waals surface area contributed by atoms with Crippen molar-refractivity contribution < 1.29 is 18.7 Å². The average Bonchev–Trinajstić information content (AvgIpc) is 2.89. The number of nitrogens with one attached hydrogen (secondary N) is 1. The van der Waals surface area contributed by atoms with E-state index in [9.17, 15) is 14.0 Å². The fourth-order valence-corrected chi connectivity index (χ4v) is 4.04. The molecule has 0 bridgehead atoms. The minimum Gasteiger partial charge on any atom is -0.483 e. The Balaban J connectivity index is 1.92. The van der Waals surface area contributed by atoms with Crippen LogP contribution in [0.15, 0.2) is 78.9 Å². The van der Waals surface area contributed by atoms with E-state index in [1.807, 2.05) is 61.5 Å². The minimum atomic E-state index is -0.824. The molecule has 0 aliphatic heterocycles. The van der Waals surface area contributed by atoms with Gasteiger partial charge in [-0.2, -0.15) is 0 Å². The molecule has 6 heteroatoms. The molecule has 190 valence electrons. The van der Waals surface area contributed by atoms with E-state index in [1.165, 1.54) is 11.0 Å². The van der Waals surface area contributed by atoms with Gasteiger partial charge >= 0.3 is 0 Å². The highest BCUT2D eigenvalue weighted by molar-refractivity contribution is 5.88. The van der Waals surface area contributed by atoms with Crippen molar-refractivity contribution in [2.24, 2.45) is 0 Å². The van der Waals surface area contributed by atoms with Crippen LogP contribution in [-0.2, 0) is 22.6 Å². The first-order chi connectivity index (χ1) is 17.4. The molecule has 0 heterocycles. The molecule has 0 aromatic heterocycles. The Kier molecular flexibility index (Phi) is 10.0. The van der Waals surface area contributed by atoms with Crippen LogP contribution in [0.3, 0.4) is 0 Å². The number of rotatable bonds is 12. The number of hydrogen-bond donors (Lipinski definition) is 1. The second-order valence-corrected chi connectivity index (χ2v) is 9.09. The van der Waals surface area contributed by atoms with Gasteiger partial charge in [0.25, 0.3) is 5.91 Å². The molecule has 0 unspecified atom stereocenters. The molecule has 3 aromatic rings. The highest BCUT2D eigenvalue weighted by Crippen LogP contribution is 2.26. The highest BCUT2D eigenvalue weighted by atomic mass is 19.1. The van der Waals surface area contributed by atoms with E-state index in [-0.39, 0.29) is 30.9 Å². The zero-order valence-electron chi connectivity index (χ0n) is 21.2. The molecule has 1 atom stereocenters. The van der Waals surface area contributed by atoms with Gasteiger partial charge in [-0.05, 0) is 35.6 Å². The van der Waals surface area contributed by atoms with Crippen molar-refractivity contribution in [3.05, 3.63) is 101 Å². The Morgan fingerprint density at radius 2 is 1.61 bits per heavy atom. The molecule has 1 N–H and O–H groups in total. The van der Waals surface area contributed by atoms with Crippen LogP contribution < -0.4 is 10.1 Å². The number of hydrogen-bond acceptors (Lipinski definition) is 3. The zero-order valence-corrected chi connectivity index (χ0v) is 21.2. The van der Waals surface area contributed by atoms with E-state index >= 15 is 0 Å². The molecule has 3 rings (SSSR count). The first-order valence-electron chi connectivity index (χ1n) is 12.5. The van der Waals surface area contributed by atoms with Crippen LogP contribution >= 0.6 is 0 Å². The summed E-state index contributed by atoms with van der Waals surface area (Å²) in [6.07, 6.45) is 1.07. The van der Waals surface area contributed by atoms with Crippen molar-refractivity contribution in [2.45, 2.75) is 52.1 Å². The predicted octanol–water partition coefficient (Wildman–Crippen LogP) is 5.49. The highest BCUT2D eigenvalue weighted by Gasteiger charge is 2.31. The number of para-hydroxylation sites is 1. The third-order valence-electron chi connectivity index (χ3n) is 6.01. The summed E-state index contributed by atoms with van der Waals surface area (Å²) in [4.78, 5) is 28.4. The van der Waals surface area contributed by atoms with Crippen LogP contribution in [0.2, 0.25) is 0 Å². The smallest absolute Gasteiger partial charge is 0.261 e. The third kappa shape index (κ3) is 7.41. The topological polar surface area (TPSA) is 58.6 Å². The molecule has 3 aromatic carbocycles. The summed E-state index contributed by atoms with van der Waals surface area (Å²) < 4.78 is 20.6. The van der Waals surface area contributed by atoms with Crippen LogP contribution in [0.1, 0.15) is 49.8 Å². The van der Waals surface area contributed by atoms with E-state index < -0.39 is 11.9 Å². The largest absolute Gasteiger partial charge is 0.483 e. The molecular formula is C30H35FN2O3. The molecule has 0 radical (unpaired) electrons. The van der Waals surface area contributed by atoms with E-state index in [2.05, 4.69) is 19.2 Å². The fraction of sp³-hybridized carbons (Fsp3) is 0.333. The summed E-state index contributed by atoms with van der Waals surface area (Å²) in [6, 6.07) is 22.6. The van der Waals surface area contributed by atoms with Gasteiger partial charge in [-0.1, -0.05) is 87.5 Å². The van der Waals surface area contributed by atoms with Crippen LogP contribution in [0.5, 0.6) is 5.75 Å². The van der Waals surface area contributed by atoms with E-state index in [1.54, 1.807) is 18.2 Å². The van der Waals surface area contributed by atoms with Gasteiger partial charge in [0.15, 0.2) is 6.61 Å². The SMILES string of the molecule is CCCNC(=O)[C@@H](Cc1ccccc1)N(Cc1ccccc1F)C(=O)COc1ccccc1C(C)C. The Bertz CT molecular complexity index is 1130. The molecule has 36 heavy (non-hydrogen) atoms. The molecule has 0 saturated heterocycles. The second kappa shape index (κ2) is 13.4. The number of ether oxygens (including phenoxy) is 1. The Morgan fingerprint density at radius 1 is 0.944 bits per heavy atom. The maximum absolute atomic E-state index is 14.6. The van der Waals surface area contributed by atoms with Gasteiger partial charge in [0, 0.05) is 25.1 Å². The van der Waals surface area contributed by atoms with Crippen LogP contribution in [-0.4, -0.2) is 35.9 Å². The minimum absolute atomic E-state index is 0.0439. The van der Waals surface area contributed by atoms with Gasteiger partial charge in [0.05, 0.1) is 0 Å². The van der Waals surface area contributed by atoms with Gasteiger partial charge in [-0.15, -0.1) is 0 Å². The molecule has 0 aliphatic carbocycles. The van der Waals surface area contributed by atoms with E-state index in [0.717, 1.165) is 17.5 Å². The molecule has 0 aliphatic rings. The second-order valence-electron chi connectivity index (χ2n) is 9.09. The lowest BCUT2D eigenvalue weighted by Gasteiger charge is -2.31. The van der Waals surface area contributed by atoms with Gasteiger partial charge in [0.1, 0.15) is 17.6 Å². The normalized spacial score (nSPS) is 11.7. The Hall–Kier alpha value is -3.67. The number of carbonyl (C=O) groups is 2. The number of amides is 2. The van der Waals surface area contributed by atoms with Crippen molar-refractivity contribution in [1.82, 2.24) is 10.2 Å². The van der Waals surface area contributed by atoms with E-state index in [4.69, 9.17) is 4.74 Å². The first-order valence-corrected chi connectivity index (χ1v) is 12.5. The van der Waals surface area contributed by atoms with Gasteiger partial charge < -0.3 is 15.0 Å². The molecule has 2 amide bonds. The van der Waals surface area contributed by atoms with Gasteiger partial charge in [-0.25, -0.2) is 4.39 Å². The molecule has 0 spiro atoms. The molecule has 0 fully saturated rings. The van der Waals surface area contributed by atoms with Crippen molar-refractivity contribution in [3.8, 4) is 5.75 Å². The van der Waals surface area contributed by atoms with Gasteiger partial charge in [-0.3, -0.25) is 9.59 Å². The van der Waals surface area contributed by atoms with Crippen LogP contribution in [0.4, 0.5) is 4.39 Å². The monoisotopic (exact) mass is 490 g/mol. The van der Waals surface area contributed by atoms with Crippen molar-refractivity contribution >= 4 is 11.8 Å². The number of benzene rings is 3. The van der Waals surface area contributed by atoms with Crippen molar-refractivity contribution in [1.29, 1.82) is 0 Å². The van der Waals surface area contributed by atoms with Gasteiger partial charge in [0.2, 0.25) is 5.91 Å². The lowest BCUT2D eigenvalue weighted by molar-refractivity contribution is -0.142. The third-order valence-corrected chi connectivity index (χ3v) is 6.01. The quantitative estimate of drug-likeness (QED) is 0.365. The molecular weight excluding hydrogens is 455 g/mol. The number of halogens is 1. The van der Waals surface area contributed by atoms with Crippen LogP contribution in [0.25, 0.3) is 0 Å². The summed E-state index contributed by atoms with van der Waals surface area (Å²) >= 11 is 0. The number of nitrogens with zero attached hydrogens (tertiary/aromatic N) is 1. The van der Waals surface area contributed by atoms with Crippen molar-refractivity contribution in [2.75, 3.05) is 13.2 Å². The fourth-order valence-electron chi connectivity index (χ4n) is 4.04. The maximum Gasteiger partial charge on any atom is 0.261 e. The van der Waals surface area contributed by atoms with E-state index in [0.29, 0.717) is 24.3 Å². The Morgan fingerprint density at radius 3 is 2.31 bits per heavy atom. The summed E-state index contributed by atoms with van der Waals surface area (Å²) in [5, 5.41) is 2.92. The molecule has 5 nitrogen and oxygen atoms in total. The first kappa shape index (κ1) is 26.9. The van der Waals surface area contributed by atoms with Crippen LogP contribution in [0, 0.1) is 5.82 Å². The standard InChI is InChI=1S/C30H35FN2O3/c1-4-18-32-30(35)27(19-23-12-6-5-7-13-23)33(20-24-14-8-10-16-26(24)31)29(34)21-36-28-17-11-9-15-25(28)22(2)3/h5-17,22,27H,4,18-21H2,1-3H3,(H,32,35)/t27-/m1/s1. The summed E-state index contributed by atoms with van der Waals surface area (Å²) in [6.45, 7) is 6.27. The van der Waals surface area contributed by atoms with Crippen molar-refractivity contribution in [3.63, 3.8) is 0 Å². The predicted molar refractivity (Wildman–Crippen MR) is 140 cm³/mol. The summed E-state index contributed by atoms with van der Waals surface area (Å²) in [7, 11) is 0. The number of carbonyl (C=O) groups excluding carboxylic acids is 2. The summed E-state index contributed by atoms with van der Waals surface area (Å²) in [5.41, 5.74) is 2.24. The average molecular weight is 491 g/mol.